The third kappa shape index (κ3) is 2.18. The minimum atomic E-state index is -0.755. The Morgan fingerprint density at radius 2 is 2.11 bits per heavy atom. The van der Waals surface area contributed by atoms with Crippen molar-refractivity contribution in [2.75, 3.05) is 7.11 Å². The second kappa shape index (κ2) is 5.16. The van der Waals surface area contributed by atoms with Crippen LogP contribution in [0.25, 0.3) is 0 Å². The van der Waals surface area contributed by atoms with E-state index in [1.807, 2.05) is 19.9 Å². The summed E-state index contributed by atoms with van der Waals surface area (Å²) in [5, 5.41) is 10.5. The first-order chi connectivity index (χ1) is 8.56. The van der Waals surface area contributed by atoms with E-state index in [1.165, 1.54) is 0 Å². The van der Waals surface area contributed by atoms with Gasteiger partial charge in [-0.2, -0.15) is 0 Å². The number of aliphatic hydroxyl groups is 1. The zero-order valence-corrected chi connectivity index (χ0v) is 12.1. The van der Waals surface area contributed by atoms with Crippen molar-refractivity contribution in [2.45, 2.75) is 20.0 Å². The molecular weight excluding hydrogens is 296 g/mol. The normalized spacial score (nSPS) is 12.5. The van der Waals surface area contributed by atoms with Gasteiger partial charge in [0.15, 0.2) is 0 Å². The van der Waals surface area contributed by atoms with Gasteiger partial charge in [0.05, 0.1) is 19.6 Å². The van der Waals surface area contributed by atoms with E-state index < -0.39 is 6.10 Å². The zero-order chi connectivity index (χ0) is 13.3. The average molecular weight is 311 g/mol. The number of furan rings is 1. The summed E-state index contributed by atoms with van der Waals surface area (Å²) in [6, 6.07) is 3.74. The Hall–Kier alpha value is -1.26. The Labute approximate surface area is 115 Å². The molecule has 4 heteroatoms. The van der Waals surface area contributed by atoms with E-state index >= 15 is 0 Å². The molecular formula is C14H15BrO3. The topological polar surface area (TPSA) is 42.6 Å². The summed E-state index contributed by atoms with van der Waals surface area (Å²) in [4.78, 5) is 0. The highest BCUT2D eigenvalue weighted by Gasteiger charge is 2.22. The fourth-order valence-corrected chi connectivity index (χ4v) is 2.63. The standard InChI is InChI=1S/C14H15BrO3/c1-8-6-11(15)9(2)12(14(8)17-3)13(16)10-4-5-18-7-10/h4-7,13,16H,1-3H3. The maximum atomic E-state index is 10.5. The smallest absolute Gasteiger partial charge is 0.128 e. The van der Waals surface area contributed by atoms with Gasteiger partial charge in [-0.15, -0.1) is 0 Å². The monoisotopic (exact) mass is 310 g/mol. The van der Waals surface area contributed by atoms with Crippen molar-refractivity contribution in [3.8, 4) is 5.75 Å². The van der Waals surface area contributed by atoms with Gasteiger partial charge in [0.2, 0.25) is 0 Å². The summed E-state index contributed by atoms with van der Waals surface area (Å²) in [6.45, 7) is 3.90. The molecule has 1 unspecified atom stereocenters. The molecule has 0 aliphatic heterocycles. The van der Waals surface area contributed by atoms with Gasteiger partial charge >= 0.3 is 0 Å². The molecule has 0 radical (unpaired) electrons. The van der Waals surface area contributed by atoms with Gasteiger partial charge in [-0.3, -0.25) is 0 Å². The Morgan fingerprint density at radius 1 is 1.39 bits per heavy atom. The Balaban J connectivity index is 2.62. The largest absolute Gasteiger partial charge is 0.496 e. The Morgan fingerprint density at radius 3 is 2.67 bits per heavy atom. The van der Waals surface area contributed by atoms with Crippen LogP contribution < -0.4 is 4.74 Å². The molecule has 1 aromatic heterocycles. The molecule has 18 heavy (non-hydrogen) atoms. The Kier molecular flexibility index (Phi) is 3.78. The van der Waals surface area contributed by atoms with Crippen LogP contribution in [0.5, 0.6) is 5.75 Å². The molecule has 1 atom stereocenters. The summed E-state index contributed by atoms with van der Waals surface area (Å²) in [6.07, 6.45) is 2.33. The lowest BCUT2D eigenvalue weighted by Gasteiger charge is -2.19. The lowest BCUT2D eigenvalue weighted by molar-refractivity contribution is 0.212. The highest BCUT2D eigenvalue weighted by Crippen LogP contribution is 2.38. The molecule has 0 bridgehead atoms. The van der Waals surface area contributed by atoms with Gasteiger partial charge in [-0.1, -0.05) is 15.9 Å². The molecule has 0 spiro atoms. The number of methoxy groups -OCH3 is 1. The summed E-state index contributed by atoms with van der Waals surface area (Å²) in [5.74, 6) is 0.712. The van der Waals surface area contributed by atoms with Gasteiger partial charge in [0.1, 0.15) is 11.9 Å². The van der Waals surface area contributed by atoms with Gasteiger partial charge in [0, 0.05) is 15.6 Å². The highest BCUT2D eigenvalue weighted by atomic mass is 79.9. The van der Waals surface area contributed by atoms with Crippen molar-refractivity contribution in [3.63, 3.8) is 0 Å². The van der Waals surface area contributed by atoms with Crippen molar-refractivity contribution in [1.29, 1.82) is 0 Å². The third-order valence-corrected chi connectivity index (χ3v) is 3.87. The zero-order valence-electron chi connectivity index (χ0n) is 10.5. The molecule has 0 fully saturated rings. The fourth-order valence-electron chi connectivity index (χ4n) is 2.07. The number of benzene rings is 1. The SMILES string of the molecule is COc1c(C)cc(Br)c(C)c1C(O)c1ccoc1. The summed E-state index contributed by atoms with van der Waals surface area (Å²) in [7, 11) is 1.61. The van der Waals surface area contributed by atoms with Crippen LogP contribution in [0, 0.1) is 13.8 Å². The molecule has 0 aliphatic rings. The maximum Gasteiger partial charge on any atom is 0.128 e. The van der Waals surface area contributed by atoms with E-state index in [2.05, 4.69) is 15.9 Å². The molecule has 2 aromatic rings. The van der Waals surface area contributed by atoms with Gasteiger partial charge in [-0.05, 0) is 37.1 Å². The summed E-state index contributed by atoms with van der Waals surface area (Å²) >= 11 is 3.50. The molecule has 0 aliphatic carbocycles. The van der Waals surface area contributed by atoms with E-state index in [-0.39, 0.29) is 0 Å². The first-order valence-corrected chi connectivity index (χ1v) is 6.39. The first-order valence-electron chi connectivity index (χ1n) is 5.60. The van der Waals surface area contributed by atoms with E-state index in [9.17, 15) is 5.11 Å². The van der Waals surface area contributed by atoms with Crippen LogP contribution in [0.3, 0.4) is 0 Å². The van der Waals surface area contributed by atoms with Gasteiger partial charge < -0.3 is 14.3 Å². The van der Waals surface area contributed by atoms with Gasteiger partial charge in [0.25, 0.3) is 0 Å². The van der Waals surface area contributed by atoms with Crippen molar-refractivity contribution >= 4 is 15.9 Å². The van der Waals surface area contributed by atoms with Crippen LogP contribution in [0.4, 0.5) is 0 Å². The molecule has 2 rings (SSSR count). The molecule has 0 saturated heterocycles. The average Bonchev–Trinajstić information content (AvgIpc) is 2.86. The number of rotatable bonds is 3. The number of aliphatic hydroxyl groups excluding tert-OH is 1. The quantitative estimate of drug-likeness (QED) is 0.939. The Bertz CT molecular complexity index is 547. The minimum absolute atomic E-state index is 0.712. The molecule has 1 heterocycles. The number of aryl methyl sites for hydroxylation is 1. The van der Waals surface area contributed by atoms with Crippen LogP contribution in [-0.4, -0.2) is 12.2 Å². The van der Waals surface area contributed by atoms with Crippen LogP contribution in [0.15, 0.2) is 33.5 Å². The second-order valence-electron chi connectivity index (χ2n) is 4.21. The number of hydrogen-bond acceptors (Lipinski definition) is 3. The number of hydrogen-bond donors (Lipinski definition) is 1. The third-order valence-electron chi connectivity index (χ3n) is 3.04. The summed E-state index contributed by atoms with van der Waals surface area (Å²) < 4.78 is 11.4. The van der Waals surface area contributed by atoms with Crippen LogP contribution in [0.2, 0.25) is 0 Å². The predicted molar refractivity (Wildman–Crippen MR) is 72.9 cm³/mol. The van der Waals surface area contributed by atoms with Crippen LogP contribution in [-0.2, 0) is 0 Å². The van der Waals surface area contributed by atoms with Gasteiger partial charge in [-0.25, -0.2) is 0 Å². The molecule has 1 N–H and O–H groups in total. The maximum absolute atomic E-state index is 10.5. The molecule has 3 nitrogen and oxygen atoms in total. The fraction of sp³-hybridized carbons (Fsp3) is 0.286. The lowest BCUT2D eigenvalue weighted by atomic mass is 9.96. The number of ether oxygens (including phenoxy) is 1. The van der Waals surface area contributed by atoms with E-state index in [0.717, 1.165) is 21.2 Å². The van der Waals surface area contributed by atoms with Crippen molar-refractivity contribution in [1.82, 2.24) is 0 Å². The minimum Gasteiger partial charge on any atom is -0.496 e. The van der Waals surface area contributed by atoms with Crippen LogP contribution in [0.1, 0.15) is 28.4 Å². The molecule has 0 amide bonds. The van der Waals surface area contributed by atoms with E-state index in [1.54, 1.807) is 25.7 Å². The first kappa shape index (κ1) is 13.2. The molecule has 0 saturated carbocycles. The van der Waals surface area contributed by atoms with Crippen molar-refractivity contribution in [3.05, 3.63) is 51.4 Å². The highest BCUT2D eigenvalue weighted by molar-refractivity contribution is 9.10. The van der Waals surface area contributed by atoms with E-state index in [0.29, 0.717) is 11.3 Å². The molecule has 1 aromatic carbocycles. The molecule has 96 valence electrons. The number of halogens is 1. The summed E-state index contributed by atoms with van der Waals surface area (Å²) in [5.41, 5.74) is 3.43. The van der Waals surface area contributed by atoms with E-state index in [4.69, 9.17) is 9.15 Å². The van der Waals surface area contributed by atoms with Crippen molar-refractivity contribution in [2.24, 2.45) is 0 Å². The predicted octanol–water partition coefficient (Wildman–Crippen LogP) is 3.75. The van der Waals surface area contributed by atoms with Crippen molar-refractivity contribution < 1.29 is 14.3 Å². The second-order valence-corrected chi connectivity index (χ2v) is 5.06. The lowest BCUT2D eigenvalue weighted by Crippen LogP contribution is -2.06. The van der Waals surface area contributed by atoms with Crippen LogP contribution >= 0.6 is 15.9 Å².